The standard InChI is InChI=1S/C14H23NO2/c1-2-3-17-12(16)13-5-10-4-11(6-13)8-14(15,7-10)9-13/h10-11H,2-9,15H2,1H3. The third kappa shape index (κ3) is 1.79. The lowest BCUT2D eigenvalue weighted by atomic mass is 9.47. The van der Waals surface area contributed by atoms with Crippen LogP contribution in [0.2, 0.25) is 0 Å². The highest BCUT2D eigenvalue weighted by molar-refractivity contribution is 5.77. The van der Waals surface area contributed by atoms with Crippen LogP contribution in [-0.4, -0.2) is 18.1 Å². The minimum atomic E-state index is -0.214. The predicted octanol–water partition coefficient (Wildman–Crippen LogP) is 2.24. The first-order chi connectivity index (χ1) is 8.05. The number of ether oxygens (including phenoxy) is 1. The third-order valence-corrected chi connectivity index (χ3v) is 4.98. The number of carbonyl (C=O) groups is 1. The van der Waals surface area contributed by atoms with Crippen molar-refractivity contribution in [1.82, 2.24) is 0 Å². The van der Waals surface area contributed by atoms with Crippen molar-refractivity contribution < 1.29 is 9.53 Å². The van der Waals surface area contributed by atoms with E-state index in [9.17, 15) is 4.79 Å². The molecule has 4 fully saturated rings. The van der Waals surface area contributed by atoms with Gasteiger partial charge in [-0.15, -0.1) is 0 Å². The number of nitrogens with two attached hydrogens (primary N) is 1. The SMILES string of the molecule is CCCOC(=O)C12CC3CC(CC(N)(C3)C1)C2. The van der Waals surface area contributed by atoms with E-state index in [4.69, 9.17) is 10.5 Å². The number of hydrogen-bond donors (Lipinski definition) is 1. The third-order valence-electron chi connectivity index (χ3n) is 4.98. The molecule has 0 spiro atoms. The van der Waals surface area contributed by atoms with Crippen molar-refractivity contribution in [2.45, 2.75) is 57.4 Å². The predicted molar refractivity (Wildman–Crippen MR) is 65.3 cm³/mol. The van der Waals surface area contributed by atoms with Crippen molar-refractivity contribution in [3.63, 3.8) is 0 Å². The molecule has 3 heteroatoms. The topological polar surface area (TPSA) is 52.3 Å². The van der Waals surface area contributed by atoms with Gasteiger partial charge in [0.25, 0.3) is 0 Å². The fraction of sp³-hybridized carbons (Fsp3) is 0.929. The Balaban J connectivity index is 1.81. The van der Waals surface area contributed by atoms with Crippen LogP contribution in [0.4, 0.5) is 0 Å². The molecule has 2 unspecified atom stereocenters. The van der Waals surface area contributed by atoms with Crippen molar-refractivity contribution in [1.29, 1.82) is 0 Å². The van der Waals surface area contributed by atoms with Crippen LogP contribution in [0.25, 0.3) is 0 Å². The Labute approximate surface area is 103 Å². The maximum Gasteiger partial charge on any atom is 0.312 e. The second-order valence-corrected chi connectivity index (χ2v) is 6.74. The van der Waals surface area contributed by atoms with Gasteiger partial charge in [-0.3, -0.25) is 4.79 Å². The fourth-order valence-corrected chi connectivity index (χ4v) is 4.92. The molecule has 4 aliphatic carbocycles. The summed E-state index contributed by atoms with van der Waals surface area (Å²) in [6.07, 6.45) is 7.40. The fourth-order valence-electron chi connectivity index (χ4n) is 4.92. The van der Waals surface area contributed by atoms with Crippen molar-refractivity contribution in [3.8, 4) is 0 Å². The molecule has 2 atom stereocenters. The molecular weight excluding hydrogens is 214 g/mol. The zero-order valence-electron chi connectivity index (χ0n) is 10.7. The van der Waals surface area contributed by atoms with E-state index in [1.165, 1.54) is 6.42 Å². The Morgan fingerprint density at radius 1 is 1.29 bits per heavy atom. The van der Waals surface area contributed by atoms with Crippen molar-refractivity contribution >= 4 is 5.97 Å². The second kappa shape index (κ2) is 3.71. The van der Waals surface area contributed by atoms with E-state index in [-0.39, 0.29) is 16.9 Å². The van der Waals surface area contributed by atoms with Gasteiger partial charge in [0.15, 0.2) is 0 Å². The molecule has 4 saturated carbocycles. The van der Waals surface area contributed by atoms with Crippen LogP contribution in [0.3, 0.4) is 0 Å². The normalized spacial score (nSPS) is 47.2. The molecular formula is C14H23NO2. The highest BCUT2D eigenvalue weighted by Gasteiger charge is 2.60. The van der Waals surface area contributed by atoms with E-state index < -0.39 is 0 Å². The first-order valence-electron chi connectivity index (χ1n) is 7.01. The average molecular weight is 237 g/mol. The van der Waals surface area contributed by atoms with Gasteiger partial charge in [-0.05, 0) is 56.8 Å². The second-order valence-electron chi connectivity index (χ2n) is 6.74. The Hall–Kier alpha value is -0.570. The van der Waals surface area contributed by atoms with E-state index in [0.29, 0.717) is 18.4 Å². The van der Waals surface area contributed by atoms with E-state index in [1.54, 1.807) is 0 Å². The molecule has 0 radical (unpaired) electrons. The Bertz CT molecular complexity index is 325. The van der Waals surface area contributed by atoms with Gasteiger partial charge >= 0.3 is 5.97 Å². The van der Waals surface area contributed by atoms with Gasteiger partial charge in [-0.1, -0.05) is 6.92 Å². The molecule has 17 heavy (non-hydrogen) atoms. The lowest BCUT2D eigenvalue weighted by Crippen LogP contribution is -2.62. The van der Waals surface area contributed by atoms with Gasteiger partial charge in [-0.2, -0.15) is 0 Å². The maximum absolute atomic E-state index is 12.3. The molecule has 0 saturated heterocycles. The zero-order chi connectivity index (χ0) is 12.1. The summed E-state index contributed by atoms with van der Waals surface area (Å²) in [7, 11) is 0. The van der Waals surface area contributed by atoms with Crippen LogP contribution in [-0.2, 0) is 9.53 Å². The monoisotopic (exact) mass is 237 g/mol. The van der Waals surface area contributed by atoms with Crippen molar-refractivity contribution in [2.75, 3.05) is 6.61 Å². The molecule has 4 aliphatic rings. The van der Waals surface area contributed by atoms with E-state index in [0.717, 1.165) is 38.5 Å². The summed E-state index contributed by atoms with van der Waals surface area (Å²) in [5.74, 6) is 1.40. The summed E-state index contributed by atoms with van der Waals surface area (Å²) in [4.78, 5) is 12.3. The van der Waals surface area contributed by atoms with Gasteiger partial charge in [0.2, 0.25) is 0 Å². The number of hydrogen-bond acceptors (Lipinski definition) is 3. The van der Waals surface area contributed by atoms with Crippen LogP contribution < -0.4 is 5.73 Å². The highest BCUT2D eigenvalue weighted by atomic mass is 16.5. The molecule has 0 aromatic heterocycles. The van der Waals surface area contributed by atoms with Gasteiger partial charge in [0.1, 0.15) is 0 Å². The average Bonchev–Trinajstić information content (AvgIpc) is 2.22. The van der Waals surface area contributed by atoms with E-state index in [2.05, 4.69) is 0 Å². The van der Waals surface area contributed by atoms with Crippen LogP contribution in [0.15, 0.2) is 0 Å². The largest absolute Gasteiger partial charge is 0.465 e. The summed E-state index contributed by atoms with van der Waals surface area (Å²) >= 11 is 0. The lowest BCUT2D eigenvalue weighted by molar-refractivity contribution is -0.173. The van der Waals surface area contributed by atoms with Gasteiger partial charge in [0, 0.05) is 5.54 Å². The summed E-state index contributed by atoms with van der Waals surface area (Å²) in [5.41, 5.74) is 6.19. The molecule has 96 valence electrons. The quantitative estimate of drug-likeness (QED) is 0.766. The Morgan fingerprint density at radius 3 is 2.47 bits per heavy atom. The van der Waals surface area contributed by atoms with Gasteiger partial charge < -0.3 is 10.5 Å². The molecule has 2 N–H and O–H groups in total. The molecule has 0 amide bonds. The summed E-state index contributed by atoms with van der Waals surface area (Å²) in [6, 6.07) is 0. The van der Waals surface area contributed by atoms with Gasteiger partial charge in [0.05, 0.1) is 12.0 Å². The summed E-state index contributed by atoms with van der Waals surface area (Å²) < 4.78 is 5.43. The number of rotatable bonds is 3. The van der Waals surface area contributed by atoms with Crippen LogP contribution in [0.1, 0.15) is 51.9 Å². The minimum absolute atomic E-state index is 0.0447. The molecule has 0 aromatic carbocycles. The molecule has 0 aromatic rings. The van der Waals surface area contributed by atoms with Crippen molar-refractivity contribution in [3.05, 3.63) is 0 Å². The van der Waals surface area contributed by atoms with Crippen LogP contribution >= 0.6 is 0 Å². The highest BCUT2D eigenvalue weighted by Crippen LogP contribution is 2.61. The lowest BCUT2D eigenvalue weighted by Gasteiger charge is -2.59. The molecule has 3 nitrogen and oxygen atoms in total. The van der Waals surface area contributed by atoms with E-state index in [1.807, 2.05) is 6.92 Å². The van der Waals surface area contributed by atoms with Gasteiger partial charge in [-0.25, -0.2) is 0 Å². The number of esters is 1. The van der Waals surface area contributed by atoms with Crippen LogP contribution in [0, 0.1) is 17.3 Å². The zero-order valence-corrected chi connectivity index (χ0v) is 10.7. The minimum Gasteiger partial charge on any atom is -0.465 e. The molecule has 4 bridgehead atoms. The molecule has 0 aliphatic heterocycles. The first-order valence-corrected chi connectivity index (χ1v) is 7.01. The first kappa shape index (κ1) is 11.5. The molecule has 0 heterocycles. The summed E-state index contributed by atoms with van der Waals surface area (Å²) in [6.45, 7) is 2.60. The Morgan fingerprint density at radius 2 is 1.94 bits per heavy atom. The Kier molecular flexibility index (Phi) is 2.51. The van der Waals surface area contributed by atoms with Crippen molar-refractivity contribution in [2.24, 2.45) is 23.0 Å². The van der Waals surface area contributed by atoms with Crippen LogP contribution in [0.5, 0.6) is 0 Å². The molecule has 4 rings (SSSR count). The maximum atomic E-state index is 12.3. The smallest absolute Gasteiger partial charge is 0.312 e. The summed E-state index contributed by atoms with van der Waals surface area (Å²) in [5, 5.41) is 0. The number of carbonyl (C=O) groups excluding carboxylic acids is 1. The van der Waals surface area contributed by atoms with E-state index >= 15 is 0 Å².